The summed E-state index contributed by atoms with van der Waals surface area (Å²) in [6, 6.07) is 2.15. The zero-order chi connectivity index (χ0) is 11.6. The van der Waals surface area contributed by atoms with Crippen LogP contribution in [0.2, 0.25) is 5.15 Å². The molecule has 0 aromatic carbocycles. The molecule has 1 heterocycles. The number of pyridine rings is 1. The van der Waals surface area contributed by atoms with Crippen LogP contribution in [0.1, 0.15) is 28.0 Å². The molecule has 0 aliphatic rings. The number of carbonyl (C=O) groups is 1. The SMILES string of the molecule is N#Cc1c(C(F)F)cc(Cl)nc1C(=O)O. The second kappa shape index (κ2) is 4.19. The van der Waals surface area contributed by atoms with Gasteiger partial charge in [-0.15, -0.1) is 0 Å². The van der Waals surface area contributed by atoms with Crippen LogP contribution in [0, 0.1) is 11.3 Å². The Balaban J connectivity index is 3.54. The maximum Gasteiger partial charge on any atom is 0.355 e. The van der Waals surface area contributed by atoms with Crippen molar-refractivity contribution in [1.29, 1.82) is 5.26 Å². The van der Waals surface area contributed by atoms with Gasteiger partial charge in [0, 0.05) is 5.56 Å². The van der Waals surface area contributed by atoms with Gasteiger partial charge in [-0.3, -0.25) is 0 Å². The van der Waals surface area contributed by atoms with Gasteiger partial charge in [0.2, 0.25) is 0 Å². The number of alkyl halides is 2. The van der Waals surface area contributed by atoms with E-state index >= 15 is 0 Å². The zero-order valence-electron chi connectivity index (χ0n) is 7.04. The Hall–Kier alpha value is -1.74. The normalized spacial score (nSPS) is 10.1. The fraction of sp³-hybridized carbons (Fsp3) is 0.125. The summed E-state index contributed by atoms with van der Waals surface area (Å²) in [7, 11) is 0. The van der Waals surface area contributed by atoms with Crippen LogP contribution < -0.4 is 0 Å². The van der Waals surface area contributed by atoms with Crippen LogP contribution in [-0.4, -0.2) is 16.1 Å². The smallest absolute Gasteiger partial charge is 0.355 e. The van der Waals surface area contributed by atoms with Gasteiger partial charge in [0.25, 0.3) is 6.43 Å². The Kier molecular flexibility index (Phi) is 3.17. The molecule has 1 aromatic rings. The van der Waals surface area contributed by atoms with Gasteiger partial charge in [-0.1, -0.05) is 11.6 Å². The predicted octanol–water partition coefficient (Wildman–Crippen LogP) is 2.24. The van der Waals surface area contributed by atoms with Gasteiger partial charge < -0.3 is 5.11 Å². The molecule has 0 saturated heterocycles. The second-order valence-electron chi connectivity index (χ2n) is 2.48. The van der Waals surface area contributed by atoms with Gasteiger partial charge in [-0.2, -0.15) is 5.26 Å². The first-order valence-electron chi connectivity index (χ1n) is 3.59. The van der Waals surface area contributed by atoms with Crippen molar-refractivity contribution in [3.8, 4) is 6.07 Å². The third kappa shape index (κ3) is 2.19. The number of hydrogen-bond donors (Lipinski definition) is 1. The quantitative estimate of drug-likeness (QED) is 0.794. The molecule has 0 spiro atoms. The van der Waals surface area contributed by atoms with E-state index in [4.69, 9.17) is 22.0 Å². The van der Waals surface area contributed by atoms with Crippen molar-refractivity contribution in [2.45, 2.75) is 6.43 Å². The van der Waals surface area contributed by atoms with Crippen LogP contribution in [0.4, 0.5) is 8.78 Å². The average molecular weight is 233 g/mol. The number of nitriles is 1. The van der Waals surface area contributed by atoms with Crippen LogP contribution in [0.3, 0.4) is 0 Å². The van der Waals surface area contributed by atoms with Gasteiger partial charge in [-0.05, 0) is 6.07 Å². The number of carboxylic acids is 1. The fourth-order valence-corrected chi connectivity index (χ4v) is 1.18. The van der Waals surface area contributed by atoms with E-state index in [-0.39, 0.29) is 5.15 Å². The average Bonchev–Trinajstić information content (AvgIpc) is 2.16. The topological polar surface area (TPSA) is 74.0 Å². The minimum atomic E-state index is -2.97. The molecular formula is C8H3ClF2N2O2. The zero-order valence-corrected chi connectivity index (χ0v) is 7.79. The summed E-state index contributed by atoms with van der Waals surface area (Å²) in [4.78, 5) is 13.9. The maximum atomic E-state index is 12.4. The van der Waals surface area contributed by atoms with E-state index in [0.717, 1.165) is 6.07 Å². The Labute approximate surface area is 87.7 Å². The number of rotatable bonds is 2. The number of carboxylic acid groups (broad SMARTS) is 1. The summed E-state index contributed by atoms with van der Waals surface area (Å²) in [6.07, 6.45) is -2.97. The van der Waals surface area contributed by atoms with Crippen molar-refractivity contribution in [3.05, 3.63) is 28.0 Å². The van der Waals surface area contributed by atoms with Crippen LogP contribution >= 0.6 is 11.6 Å². The standard InChI is InChI=1S/C8H3ClF2N2O2/c9-5-1-3(7(10)11)4(2-12)6(13-5)8(14)15/h1,7H,(H,14,15). The molecule has 0 unspecified atom stereocenters. The van der Waals surface area contributed by atoms with E-state index in [1.54, 1.807) is 0 Å². The molecule has 0 fully saturated rings. The summed E-state index contributed by atoms with van der Waals surface area (Å²) >= 11 is 5.35. The molecule has 15 heavy (non-hydrogen) atoms. The summed E-state index contributed by atoms with van der Waals surface area (Å²) in [5.74, 6) is -1.57. The molecule has 4 nitrogen and oxygen atoms in total. The molecule has 0 aliphatic carbocycles. The lowest BCUT2D eigenvalue weighted by atomic mass is 10.1. The van der Waals surface area contributed by atoms with E-state index in [2.05, 4.69) is 4.98 Å². The highest BCUT2D eigenvalue weighted by Crippen LogP contribution is 2.26. The van der Waals surface area contributed by atoms with Gasteiger partial charge in [0.1, 0.15) is 11.2 Å². The first-order chi connectivity index (χ1) is 6.97. The van der Waals surface area contributed by atoms with E-state index in [1.165, 1.54) is 6.07 Å². The third-order valence-corrected chi connectivity index (χ3v) is 1.76. The number of hydrogen-bond acceptors (Lipinski definition) is 3. The molecule has 1 N–H and O–H groups in total. The largest absolute Gasteiger partial charge is 0.476 e. The van der Waals surface area contributed by atoms with Crippen LogP contribution in [0.15, 0.2) is 6.07 Å². The van der Waals surface area contributed by atoms with Gasteiger partial charge >= 0.3 is 5.97 Å². The maximum absolute atomic E-state index is 12.4. The third-order valence-electron chi connectivity index (χ3n) is 1.57. The highest BCUT2D eigenvalue weighted by molar-refractivity contribution is 6.29. The highest BCUT2D eigenvalue weighted by Gasteiger charge is 2.22. The molecule has 78 valence electrons. The minimum Gasteiger partial charge on any atom is -0.476 e. The molecule has 0 saturated carbocycles. The first-order valence-corrected chi connectivity index (χ1v) is 3.97. The summed E-state index contributed by atoms with van der Waals surface area (Å²) < 4.78 is 24.8. The van der Waals surface area contributed by atoms with E-state index in [1.807, 2.05) is 0 Å². The monoisotopic (exact) mass is 232 g/mol. The van der Waals surface area contributed by atoms with Crippen molar-refractivity contribution < 1.29 is 18.7 Å². The predicted molar refractivity (Wildman–Crippen MR) is 45.9 cm³/mol. The highest BCUT2D eigenvalue weighted by atomic mass is 35.5. The number of aromatic carboxylic acids is 1. The Morgan fingerprint density at radius 3 is 2.67 bits per heavy atom. The van der Waals surface area contributed by atoms with Crippen LogP contribution in [-0.2, 0) is 0 Å². The second-order valence-corrected chi connectivity index (χ2v) is 2.86. The Morgan fingerprint density at radius 2 is 2.27 bits per heavy atom. The van der Waals surface area contributed by atoms with E-state index in [9.17, 15) is 13.6 Å². The lowest BCUT2D eigenvalue weighted by Crippen LogP contribution is -2.07. The Morgan fingerprint density at radius 1 is 1.67 bits per heavy atom. The van der Waals surface area contributed by atoms with Crippen molar-refractivity contribution in [2.24, 2.45) is 0 Å². The van der Waals surface area contributed by atoms with Crippen molar-refractivity contribution in [2.75, 3.05) is 0 Å². The van der Waals surface area contributed by atoms with Crippen LogP contribution in [0.25, 0.3) is 0 Å². The van der Waals surface area contributed by atoms with Gasteiger partial charge in [0.15, 0.2) is 5.69 Å². The molecule has 0 amide bonds. The molecule has 1 rings (SSSR count). The summed E-state index contributed by atoms with van der Waals surface area (Å²) in [5.41, 5.74) is -2.16. The molecule has 1 aromatic heterocycles. The van der Waals surface area contributed by atoms with Crippen molar-refractivity contribution in [1.82, 2.24) is 4.98 Å². The lowest BCUT2D eigenvalue weighted by Gasteiger charge is -2.05. The molecule has 0 radical (unpaired) electrons. The summed E-state index contributed by atoms with van der Waals surface area (Å²) in [5, 5.41) is 16.8. The molecule has 0 atom stereocenters. The Bertz CT molecular complexity index is 457. The van der Waals surface area contributed by atoms with Crippen molar-refractivity contribution >= 4 is 17.6 Å². The van der Waals surface area contributed by atoms with Crippen molar-refractivity contribution in [3.63, 3.8) is 0 Å². The number of nitrogens with zero attached hydrogens (tertiary/aromatic N) is 2. The fourth-order valence-electron chi connectivity index (χ4n) is 0.977. The van der Waals surface area contributed by atoms with Crippen LogP contribution in [0.5, 0.6) is 0 Å². The molecule has 0 aliphatic heterocycles. The summed E-state index contributed by atoms with van der Waals surface area (Å²) in [6.45, 7) is 0. The van der Waals surface area contributed by atoms with Gasteiger partial charge in [0.05, 0.1) is 5.56 Å². The molecule has 0 bridgehead atoms. The molecule has 7 heteroatoms. The minimum absolute atomic E-state index is 0.387. The van der Waals surface area contributed by atoms with E-state index in [0.29, 0.717) is 0 Å². The molecular weight excluding hydrogens is 230 g/mol. The number of aromatic nitrogens is 1. The van der Waals surface area contributed by atoms with Gasteiger partial charge in [-0.25, -0.2) is 18.6 Å². The first kappa shape index (κ1) is 11.3. The van der Waals surface area contributed by atoms with E-state index < -0.39 is 29.2 Å². The lowest BCUT2D eigenvalue weighted by molar-refractivity contribution is 0.0689. The number of halogens is 3.